The smallest absolute Gasteiger partial charge is 0.407 e. The summed E-state index contributed by atoms with van der Waals surface area (Å²) in [5, 5.41) is 15.7. The highest BCUT2D eigenvalue weighted by Crippen LogP contribution is 2.25. The first kappa shape index (κ1) is 20.6. The second-order valence-corrected chi connectivity index (χ2v) is 7.71. The Bertz CT molecular complexity index is 632. The number of nitrogens with one attached hydrogen (secondary N) is 2. The molecule has 0 bridgehead atoms. The van der Waals surface area contributed by atoms with Crippen molar-refractivity contribution in [1.82, 2.24) is 15.5 Å². The molecule has 0 unspecified atom stereocenters. The second kappa shape index (κ2) is 10.4. The van der Waals surface area contributed by atoms with E-state index in [9.17, 15) is 14.7 Å². The Balaban J connectivity index is 1.30. The molecule has 1 saturated carbocycles. The van der Waals surface area contributed by atoms with Gasteiger partial charge in [-0.3, -0.25) is 9.69 Å². The molecule has 0 radical (unpaired) electrons. The molecule has 1 saturated heterocycles. The van der Waals surface area contributed by atoms with Crippen LogP contribution in [0.4, 0.5) is 4.79 Å². The number of alkyl carbamates (subject to hydrolysis) is 1. The zero-order valence-electron chi connectivity index (χ0n) is 16.3. The standard InChI is InChI=1S/C21H31N3O4/c25-19-9-5-4-8-18(19)24-12-10-17(11-13-24)23-20(26)14-22-21(27)28-15-16-6-2-1-3-7-16/h1-3,6-7,17-19,25H,4-5,8-15H2,(H,22,27)(H,23,26)/t18-,19+/m0/s1. The first-order valence-electron chi connectivity index (χ1n) is 10.3. The van der Waals surface area contributed by atoms with E-state index in [1.54, 1.807) is 0 Å². The van der Waals surface area contributed by atoms with Crippen LogP contribution in [0.5, 0.6) is 0 Å². The van der Waals surface area contributed by atoms with Crippen LogP contribution in [0.3, 0.4) is 0 Å². The highest BCUT2D eigenvalue weighted by atomic mass is 16.5. The Morgan fingerprint density at radius 3 is 2.50 bits per heavy atom. The third-order valence-corrected chi connectivity index (χ3v) is 5.66. The van der Waals surface area contributed by atoms with Gasteiger partial charge in [0.15, 0.2) is 0 Å². The number of carbonyl (C=O) groups is 2. The predicted molar refractivity (Wildman–Crippen MR) is 106 cm³/mol. The molecule has 0 spiro atoms. The lowest BCUT2D eigenvalue weighted by Crippen LogP contribution is -2.53. The van der Waals surface area contributed by atoms with E-state index in [1.165, 1.54) is 6.42 Å². The lowest BCUT2D eigenvalue weighted by atomic mass is 9.89. The molecule has 154 valence electrons. The van der Waals surface area contributed by atoms with Gasteiger partial charge in [0.25, 0.3) is 0 Å². The molecule has 2 atom stereocenters. The van der Waals surface area contributed by atoms with E-state index in [0.29, 0.717) is 0 Å². The normalized spacial score (nSPS) is 23.8. The monoisotopic (exact) mass is 389 g/mol. The van der Waals surface area contributed by atoms with E-state index >= 15 is 0 Å². The number of ether oxygens (including phenoxy) is 1. The van der Waals surface area contributed by atoms with Crippen LogP contribution < -0.4 is 10.6 Å². The zero-order chi connectivity index (χ0) is 19.8. The fourth-order valence-corrected chi connectivity index (χ4v) is 4.10. The van der Waals surface area contributed by atoms with Crippen molar-refractivity contribution in [1.29, 1.82) is 0 Å². The summed E-state index contributed by atoms with van der Waals surface area (Å²) in [4.78, 5) is 26.2. The highest BCUT2D eigenvalue weighted by molar-refractivity contribution is 5.82. The number of piperidine rings is 1. The first-order chi connectivity index (χ1) is 13.6. The van der Waals surface area contributed by atoms with Gasteiger partial charge < -0.3 is 20.5 Å². The molecule has 7 heteroatoms. The summed E-state index contributed by atoms with van der Waals surface area (Å²) in [5.41, 5.74) is 0.900. The van der Waals surface area contributed by atoms with Gasteiger partial charge in [-0.05, 0) is 31.2 Å². The molecule has 28 heavy (non-hydrogen) atoms. The van der Waals surface area contributed by atoms with Crippen molar-refractivity contribution >= 4 is 12.0 Å². The van der Waals surface area contributed by atoms with Gasteiger partial charge in [0.2, 0.25) is 5.91 Å². The number of amides is 2. The third kappa shape index (κ3) is 6.21. The number of aliphatic hydroxyl groups is 1. The molecular formula is C21H31N3O4. The van der Waals surface area contributed by atoms with Gasteiger partial charge in [-0.15, -0.1) is 0 Å². The molecule has 0 aromatic heterocycles. The Morgan fingerprint density at radius 1 is 1.07 bits per heavy atom. The molecule has 1 aliphatic heterocycles. The van der Waals surface area contributed by atoms with Crippen LogP contribution in [0.25, 0.3) is 0 Å². The zero-order valence-corrected chi connectivity index (χ0v) is 16.3. The van der Waals surface area contributed by atoms with Gasteiger partial charge in [-0.2, -0.15) is 0 Å². The topological polar surface area (TPSA) is 90.9 Å². The summed E-state index contributed by atoms with van der Waals surface area (Å²) < 4.78 is 5.10. The number of hydrogen-bond acceptors (Lipinski definition) is 5. The minimum Gasteiger partial charge on any atom is -0.445 e. The summed E-state index contributed by atoms with van der Waals surface area (Å²) in [6.45, 7) is 1.87. The minimum atomic E-state index is -0.597. The number of carbonyl (C=O) groups excluding carboxylic acids is 2. The van der Waals surface area contributed by atoms with E-state index in [2.05, 4.69) is 15.5 Å². The Morgan fingerprint density at radius 2 is 1.79 bits per heavy atom. The van der Waals surface area contributed by atoms with Crippen molar-refractivity contribution in [3.63, 3.8) is 0 Å². The Kier molecular flexibility index (Phi) is 7.68. The number of aliphatic hydroxyl groups excluding tert-OH is 1. The van der Waals surface area contributed by atoms with Crippen LogP contribution in [0.2, 0.25) is 0 Å². The van der Waals surface area contributed by atoms with Crippen LogP contribution in [-0.4, -0.2) is 59.8 Å². The van der Waals surface area contributed by atoms with Gasteiger partial charge in [0.05, 0.1) is 6.10 Å². The maximum atomic E-state index is 12.1. The average Bonchev–Trinajstić information content (AvgIpc) is 2.72. The molecule has 2 aliphatic rings. The van der Waals surface area contributed by atoms with Gasteiger partial charge >= 0.3 is 6.09 Å². The van der Waals surface area contributed by atoms with Crippen LogP contribution in [0.1, 0.15) is 44.1 Å². The lowest BCUT2D eigenvalue weighted by molar-refractivity contribution is -0.121. The molecule has 1 heterocycles. The largest absolute Gasteiger partial charge is 0.445 e. The SMILES string of the molecule is O=C(CNC(=O)OCc1ccccc1)NC1CCN([C@H]2CCCC[C@H]2O)CC1. The van der Waals surface area contributed by atoms with E-state index in [-0.39, 0.29) is 37.2 Å². The van der Waals surface area contributed by atoms with E-state index < -0.39 is 6.09 Å². The predicted octanol–water partition coefficient (Wildman–Crippen LogP) is 1.80. The van der Waals surface area contributed by atoms with Crippen LogP contribution in [0, 0.1) is 0 Å². The molecule has 2 amide bonds. The molecule has 1 aromatic carbocycles. The number of nitrogens with zero attached hydrogens (tertiary/aromatic N) is 1. The number of benzene rings is 1. The maximum absolute atomic E-state index is 12.1. The fourth-order valence-electron chi connectivity index (χ4n) is 4.10. The van der Waals surface area contributed by atoms with Crippen molar-refractivity contribution in [3.8, 4) is 0 Å². The average molecular weight is 389 g/mol. The summed E-state index contributed by atoms with van der Waals surface area (Å²) in [6, 6.07) is 9.79. The van der Waals surface area contributed by atoms with Crippen molar-refractivity contribution in [2.45, 2.75) is 63.3 Å². The van der Waals surface area contributed by atoms with E-state index in [0.717, 1.165) is 50.8 Å². The van der Waals surface area contributed by atoms with Crippen LogP contribution >= 0.6 is 0 Å². The lowest BCUT2D eigenvalue weighted by Gasteiger charge is -2.41. The molecule has 1 aromatic rings. The minimum absolute atomic E-state index is 0.0881. The van der Waals surface area contributed by atoms with Gasteiger partial charge in [-0.1, -0.05) is 43.2 Å². The highest BCUT2D eigenvalue weighted by Gasteiger charge is 2.31. The first-order valence-corrected chi connectivity index (χ1v) is 10.3. The van der Waals surface area contributed by atoms with Crippen LogP contribution in [0.15, 0.2) is 30.3 Å². The molecule has 3 N–H and O–H groups in total. The van der Waals surface area contributed by atoms with Gasteiger partial charge in [-0.25, -0.2) is 4.79 Å². The Hall–Kier alpha value is -2.12. The summed E-state index contributed by atoms with van der Waals surface area (Å²) in [5.74, 6) is -0.201. The molecular weight excluding hydrogens is 358 g/mol. The third-order valence-electron chi connectivity index (χ3n) is 5.66. The van der Waals surface area contributed by atoms with E-state index in [1.807, 2.05) is 30.3 Å². The molecule has 1 aliphatic carbocycles. The van der Waals surface area contributed by atoms with Gasteiger partial charge in [0, 0.05) is 25.2 Å². The van der Waals surface area contributed by atoms with Crippen molar-refractivity contribution in [2.24, 2.45) is 0 Å². The summed E-state index contributed by atoms with van der Waals surface area (Å²) in [7, 11) is 0. The maximum Gasteiger partial charge on any atom is 0.407 e. The number of rotatable bonds is 6. The summed E-state index contributed by atoms with van der Waals surface area (Å²) in [6.07, 6.45) is 5.18. The molecule has 3 rings (SSSR count). The van der Waals surface area contributed by atoms with Gasteiger partial charge in [0.1, 0.15) is 13.2 Å². The molecule has 2 fully saturated rings. The van der Waals surface area contributed by atoms with Crippen LogP contribution in [-0.2, 0) is 16.1 Å². The van der Waals surface area contributed by atoms with E-state index in [4.69, 9.17) is 4.74 Å². The fraction of sp³-hybridized carbons (Fsp3) is 0.619. The quantitative estimate of drug-likeness (QED) is 0.690. The van der Waals surface area contributed by atoms with Crippen molar-refractivity contribution in [3.05, 3.63) is 35.9 Å². The van der Waals surface area contributed by atoms with Crippen molar-refractivity contribution in [2.75, 3.05) is 19.6 Å². The Labute approximate surface area is 166 Å². The van der Waals surface area contributed by atoms with Crippen molar-refractivity contribution < 1.29 is 19.4 Å². The summed E-state index contributed by atoms with van der Waals surface area (Å²) >= 11 is 0. The molecule has 7 nitrogen and oxygen atoms in total. The number of hydrogen-bond donors (Lipinski definition) is 3. The second-order valence-electron chi connectivity index (χ2n) is 7.71. The number of likely N-dealkylation sites (tertiary alicyclic amines) is 1.